The SMILES string of the molecule is CCC(C)CC(C)Nc1ccc(C(F)(F)F)c(C#N)c1. The molecule has 0 bridgehead atoms. The molecule has 110 valence electrons. The van der Waals surface area contributed by atoms with E-state index < -0.39 is 11.7 Å². The van der Waals surface area contributed by atoms with Gasteiger partial charge >= 0.3 is 6.18 Å². The number of hydrogen-bond donors (Lipinski definition) is 1. The number of benzene rings is 1. The maximum absolute atomic E-state index is 12.7. The highest BCUT2D eigenvalue weighted by molar-refractivity contribution is 5.54. The van der Waals surface area contributed by atoms with Crippen LogP contribution in [0.15, 0.2) is 18.2 Å². The largest absolute Gasteiger partial charge is 0.417 e. The van der Waals surface area contributed by atoms with Crippen LogP contribution in [0.2, 0.25) is 0 Å². The zero-order chi connectivity index (χ0) is 15.3. The van der Waals surface area contributed by atoms with Crippen molar-refractivity contribution >= 4 is 5.69 Å². The first-order valence-corrected chi connectivity index (χ1v) is 6.65. The fourth-order valence-corrected chi connectivity index (χ4v) is 2.09. The minimum atomic E-state index is -4.49. The number of halogens is 3. The van der Waals surface area contributed by atoms with Gasteiger partial charge in [-0.2, -0.15) is 18.4 Å². The third-order valence-corrected chi connectivity index (χ3v) is 3.31. The van der Waals surface area contributed by atoms with Crippen LogP contribution < -0.4 is 5.32 Å². The van der Waals surface area contributed by atoms with Crippen LogP contribution in [-0.2, 0) is 6.18 Å². The van der Waals surface area contributed by atoms with Gasteiger partial charge in [-0.15, -0.1) is 0 Å². The first-order chi connectivity index (χ1) is 9.27. The van der Waals surface area contributed by atoms with Gasteiger partial charge in [-0.05, 0) is 37.5 Å². The second-order valence-corrected chi connectivity index (χ2v) is 5.16. The van der Waals surface area contributed by atoms with Crippen LogP contribution in [0.3, 0.4) is 0 Å². The van der Waals surface area contributed by atoms with Crippen LogP contribution >= 0.6 is 0 Å². The number of nitrogens with one attached hydrogen (secondary N) is 1. The molecule has 0 amide bonds. The van der Waals surface area contributed by atoms with Crippen LogP contribution in [0.5, 0.6) is 0 Å². The van der Waals surface area contributed by atoms with Gasteiger partial charge < -0.3 is 5.32 Å². The highest BCUT2D eigenvalue weighted by atomic mass is 19.4. The first-order valence-electron chi connectivity index (χ1n) is 6.65. The monoisotopic (exact) mass is 284 g/mol. The van der Waals surface area contributed by atoms with E-state index in [0.717, 1.165) is 18.9 Å². The Kier molecular flexibility index (Phi) is 5.43. The van der Waals surface area contributed by atoms with Crippen molar-refractivity contribution in [2.75, 3.05) is 5.32 Å². The molecule has 20 heavy (non-hydrogen) atoms. The Morgan fingerprint density at radius 3 is 2.45 bits per heavy atom. The molecule has 0 aliphatic rings. The second-order valence-electron chi connectivity index (χ2n) is 5.16. The molecule has 2 nitrogen and oxygen atoms in total. The van der Waals surface area contributed by atoms with Crippen molar-refractivity contribution in [3.05, 3.63) is 29.3 Å². The van der Waals surface area contributed by atoms with Crippen molar-refractivity contribution in [3.63, 3.8) is 0 Å². The Hall–Kier alpha value is -1.70. The minimum Gasteiger partial charge on any atom is -0.383 e. The number of rotatable bonds is 5. The van der Waals surface area contributed by atoms with Gasteiger partial charge in [0.15, 0.2) is 0 Å². The van der Waals surface area contributed by atoms with E-state index >= 15 is 0 Å². The number of nitriles is 1. The van der Waals surface area contributed by atoms with Crippen LogP contribution in [0.4, 0.5) is 18.9 Å². The Bertz CT molecular complexity index is 489. The Balaban J connectivity index is 2.87. The molecule has 0 fully saturated rings. The van der Waals surface area contributed by atoms with E-state index in [4.69, 9.17) is 5.26 Å². The number of anilines is 1. The Morgan fingerprint density at radius 1 is 1.30 bits per heavy atom. The number of nitrogens with zero attached hydrogens (tertiary/aromatic N) is 1. The lowest BCUT2D eigenvalue weighted by molar-refractivity contribution is -0.137. The summed E-state index contributed by atoms with van der Waals surface area (Å²) in [6.45, 7) is 6.21. The standard InChI is InChI=1S/C15H19F3N2/c1-4-10(2)7-11(3)20-13-5-6-14(15(16,17)18)12(8-13)9-19/h5-6,8,10-11,20H,4,7H2,1-3H3. The van der Waals surface area contributed by atoms with Crippen LogP contribution in [0.1, 0.15) is 44.7 Å². The average Bonchev–Trinajstić information content (AvgIpc) is 2.36. The lowest BCUT2D eigenvalue weighted by Crippen LogP contribution is -2.18. The molecule has 0 heterocycles. The molecular weight excluding hydrogens is 265 g/mol. The number of alkyl halides is 3. The van der Waals surface area contributed by atoms with Crippen molar-refractivity contribution in [2.45, 2.75) is 45.8 Å². The molecular formula is C15H19F3N2. The van der Waals surface area contributed by atoms with E-state index in [2.05, 4.69) is 19.2 Å². The summed E-state index contributed by atoms with van der Waals surface area (Å²) >= 11 is 0. The maximum Gasteiger partial charge on any atom is 0.417 e. The Morgan fingerprint density at radius 2 is 1.95 bits per heavy atom. The molecule has 0 spiro atoms. The molecule has 0 radical (unpaired) electrons. The molecule has 0 aromatic heterocycles. The van der Waals surface area contributed by atoms with Crippen LogP contribution in [0, 0.1) is 17.2 Å². The van der Waals surface area contributed by atoms with Gasteiger partial charge in [-0.25, -0.2) is 0 Å². The molecule has 0 aliphatic heterocycles. The highest BCUT2D eigenvalue weighted by Gasteiger charge is 2.33. The molecule has 0 saturated carbocycles. The van der Waals surface area contributed by atoms with Gasteiger partial charge in [0, 0.05) is 11.7 Å². The molecule has 1 aromatic rings. The Labute approximate surface area is 117 Å². The summed E-state index contributed by atoms with van der Waals surface area (Å²) in [6, 6.07) is 5.34. The summed E-state index contributed by atoms with van der Waals surface area (Å²) in [5, 5.41) is 12.0. The molecule has 0 saturated heterocycles. The van der Waals surface area contributed by atoms with Gasteiger partial charge in [0.05, 0.1) is 17.2 Å². The van der Waals surface area contributed by atoms with Crippen LogP contribution in [0.25, 0.3) is 0 Å². The van der Waals surface area contributed by atoms with Crippen molar-refractivity contribution in [1.29, 1.82) is 5.26 Å². The van der Waals surface area contributed by atoms with Gasteiger partial charge in [0.25, 0.3) is 0 Å². The van der Waals surface area contributed by atoms with E-state index in [9.17, 15) is 13.2 Å². The van der Waals surface area contributed by atoms with Crippen molar-refractivity contribution in [3.8, 4) is 6.07 Å². The molecule has 1 N–H and O–H groups in total. The van der Waals surface area contributed by atoms with E-state index in [0.29, 0.717) is 11.6 Å². The first kappa shape index (κ1) is 16.4. The van der Waals surface area contributed by atoms with Gasteiger partial charge in [-0.1, -0.05) is 20.3 Å². The van der Waals surface area contributed by atoms with E-state index in [1.165, 1.54) is 12.1 Å². The van der Waals surface area contributed by atoms with Gasteiger partial charge in [-0.3, -0.25) is 0 Å². The summed E-state index contributed by atoms with van der Waals surface area (Å²) in [6.07, 6.45) is -2.51. The highest BCUT2D eigenvalue weighted by Crippen LogP contribution is 2.33. The van der Waals surface area contributed by atoms with E-state index in [1.54, 1.807) is 6.07 Å². The smallest absolute Gasteiger partial charge is 0.383 e. The summed E-state index contributed by atoms with van der Waals surface area (Å²) in [5.74, 6) is 0.544. The lowest BCUT2D eigenvalue weighted by atomic mass is 10.00. The average molecular weight is 284 g/mol. The topological polar surface area (TPSA) is 35.8 Å². The molecule has 0 aliphatic carbocycles. The molecule has 1 rings (SSSR count). The van der Waals surface area contributed by atoms with Gasteiger partial charge in [0.1, 0.15) is 0 Å². The van der Waals surface area contributed by atoms with E-state index in [1.807, 2.05) is 6.92 Å². The molecule has 2 unspecified atom stereocenters. The quantitative estimate of drug-likeness (QED) is 0.842. The summed E-state index contributed by atoms with van der Waals surface area (Å²) in [4.78, 5) is 0. The fraction of sp³-hybridized carbons (Fsp3) is 0.533. The zero-order valence-electron chi connectivity index (χ0n) is 11.9. The number of hydrogen-bond acceptors (Lipinski definition) is 2. The summed E-state index contributed by atoms with van der Waals surface area (Å²) in [5.41, 5.74) is -0.691. The summed E-state index contributed by atoms with van der Waals surface area (Å²) in [7, 11) is 0. The summed E-state index contributed by atoms with van der Waals surface area (Å²) < 4.78 is 38.0. The second kappa shape index (κ2) is 6.65. The maximum atomic E-state index is 12.7. The lowest BCUT2D eigenvalue weighted by Gasteiger charge is -2.19. The van der Waals surface area contributed by atoms with Gasteiger partial charge in [0.2, 0.25) is 0 Å². The van der Waals surface area contributed by atoms with Crippen LogP contribution in [-0.4, -0.2) is 6.04 Å². The zero-order valence-corrected chi connectivity index (χ0v) is 11.9. The predicted octanol–water partition coefficient (Wildman–Crippen LogP) is 4.81. The third kappa shape index (κ3) is 4.44. The van der Waals surface area contributed by atoms with Crippen molar-refractivity contribution in [1.82, 2.24) is 0 Å². The van der Waals surface area contributed by atoms with Crippen molar-refractivity contribution in [2.24, 2.45) is 5.92 Å². The van der Waals surface area contributed by atoms with Crippen molar-refractivity contribution < 1.29 is 13.2 Å². The normalized spacial score (nSPS) is 14.4. The minimum absolute atomic E-state index is 0.147. The van der Waals surface area contributed by atoms with E-state index in [-0.39, 0.29) is 11.6 Å². The molecule has 1 aromatic carbocycles. The predicted molar refractivity (Wildman–Crippen MR) is 73.3 cm³/mol. The third-order valence-electron chi connectivity index (χ3n) is 3.31. The fourth-order valence-electron chi connectivity index (χ4n) is 2.09. The molecule has 5 heteroatoms. The molecule has 2 atom stereocenters.